The van der Waals surface area contributed by atoms with E-state index < -0.39 is 17.7 Å². The lowest BCUT2D eigenvalue weighted by atomic mass is 10.1. The van der Waals surface area contributed by atoms with Crippen LogP contribution in [0.5, 0.6) is 0 Å². The van der Waals surface area contributed by atoms with Crippen LogP contribution >= 0.6 is 0 Å². The first-order valence-corrected chi connectivity index (χ1v) is 4.66. The van der Waals surface area contributed by atoms with Crippen LogP contribution in [0.1, 0.15) is 17.4 Å². The maximum Gasteiger partial charge on any atom is 0.149 e. The first-order valence-electron chi connectivity index (χ1n) is 4.66. The highest BCUT2D eigenvalue weighted by atomic mass is 19.1. The molecule has 1 atom stereocenters. The predicted octanol–water partition coefficient (Wildman–Crippen LogP) is 1.80. The van der Waals surface area contributed by atoms with E-state index in [2.05, 4.69) is 9.97 Å². The van der Waals surface area contributed by atoms with Crippen molar-refractivity contribution in [1.82, 2.24) is 9.97 Å². The lowest BCUT2D eigenvalue weighted by Gasteiger charge is -2.11. The Kier molecular flexibility index (Phi) is 2.87. The second kappa shape index (κ2) is 4.32. The Morgan fingerprint density at radius 3 is 2.12 bits per heavy atom. The van der Waals surface area contributed by atoms with Crippen molar-refractivity contribution in [1.29, 1.82) is 0 Å². The molecule has 16 heavy (non-hydrogen) atoms. The SMILES string of the molecule is NC(c1ncccn1)c1c(F)cccc1F. The fourth-order valence-electron chi connectivity index (χ4n) is 1.41. The van der Waals surface area contributed by atoms with Gasteiger partial charge in [0.15, 0.2) is 0 Å². The van der Waals surface area contributed by atoms with Crippen molar-refractivity contribution in [3.8, 4) is 0 Å². The van der Waals surface area contributed by atoms with Crippen LogP contribution in [0, 0.1) is 11.6 Å². The molecule has 1 heterocycles. The number of nitrogens with two attached hydrogens (primary N) is 1. The molecule has 0 aliphatic rings. The molecule has 0 spiro atoms. The van der Waals surface area contributed by atoms with Crippen molar-refractivity contribution in [2.24, 2.45) is 5.73 Å². The van der Waals surface area contributed by atoms with Gasteiger partial charge in [0.1, 0.15) is 17.5 Å². The van der Waals surface area contributed by atoms with Gasteiger partial charge in [-0.05, 0) is 18.2 Å². The highest BCUT2D eigenvalue weighted by molar-refractivity contribution is 5.27. The third-order valence-electron chi connectivity index (χ3n) is 2.17. The minimum absolute atomic E-state index is 0.187. The van der Waals surface area contributed by atoms with Gasteiger partial charge in [-0.2, -0.15) is 0 Å². The highest BCUT2D eigenvalue weighted by Gasteiger charge is 2.19. The largest absolute Gasteiger partial charge is 0.317 e. The summed E-state index contributed by atoms with van der Waals surface area (Å²) in [5.74, 6) is -1.20. The summed E-state index contributed by atoms with van der Waals surface area (Å²) >= 11 is 0. The molecule has 82 valence electrons. The Hall–Kier alpha value is -1.88. The summed E-state index contributed by atoms with van der Waals surface area (Å²) in [5, 5.41) is 0. The monoisotopic (exact) mass is 221 g/mol. The zero-order chi connectivity index (χ0) is 11.5. The van der Waals surface area contributed by atoms with E-state index in [1.54, 1.807) is 6.07 Å². The van der Waals surface area contributed by atoms with Crippen LogP contribution in [-0.2, 0) is 0 Å². The Labute approximate surface area is 91.0 Å². The molecule has 5 heteroatoms. The zero-order valence-electron chi connectivity index (χ0n) is 8.27. The van der Waals surface area contributed by atoms with Crippen molar-refractivity contribution in [3.63, 3.8) is 0 Å². The van der Waals surface area contributed by atoms with Crippen LogP contribution in [0.15, 0.2) is 36.7 Å². The van der Waals surface area contributed by atoms with Gasteiger partial charge in [-0.25, -0.2) is 18.7 Å². The van der Waals surface area contributed by atoms with Crippen LogP contribution in [-0.4, -0.2) is 9.97 Å². The van der Waals surface area contributed by atoms with Crippen molar-refractivity contribution in [3.05, 3.63) is 59.7 Å². The fourth-order valence-corrected chi connectivity index (χ4v) is 1.41. The van der Waals surface area contributed by atoms with Crippen LogP contribution in [0.2, 0.25) is 0 Å². The summed E-state index contributed by atoms with van der Waals surface area (Å²) in [6.07, 6.45) is 2.95. The molecule has 1 unspecified atom stereocenters. The molecule has 0 saturated heterocycles. The zero-order valence-corrected chi connectivity index (χ0v) is 8.27. The maximum atomic E-state index is 13.4. The van der Waals surface area contributed by atoms with Gasteiger partial charge in [0.25, 0.3) is 0 Å². The number of nitrogens with zero attached hydrogens (tertiary/aromatic N) is 2. The van der Waals surface area contributed by atoms with Crippen LogP contribution < -0.4 is 5.73 Å². The topological polar surface area (TPSA) is 51.8 Å². The number of hydrogen-bond donors (Lipinski definition) is 1. The van der Waals surface area contributed by atoms with Gasteiger partial charge in [-0.15, -0.1) is 0 Å². The molecule has 0 aliphatic carbocycles. The molecule has 3 nitrogen and oxygen atoms in total. The Bertz CT molecular complexity index is 468. The first kappa shape index (κ1) is 10.6. The molecule has 2 N–H and O–H groups in total. The van der Waals surface area contributed by atoms with Gasteiger partial charge in [0.2, 0.25) is 0 Å². The molecule has 0 amide bonds. The average molecular weight is 221 g/mol. The summed E-state index contributed by atoms with van der Waals surface area (Å²) < 4.78 is 26.8. The van der Waals surface area contributed by atoms with Crippen molar-refractivity contribution < 1.29 is 8.78 Å². The van der Waals surface area contributed by atoms with Gasteiger partial charge in [-0.1, -0.05) is 6.07 Å². The van der Waals surface area contributed by atoms with E-state index in [0.717, 1.165) is 12.1 Å². The van der Waals surface area contributed by atoms with Gasteiger partial charge < -0.3 is 5.73 Å². The van der Waals surface area contributed by atoms with Gasteiger partial charge in [0.05, 0.1) is 6.04 Å². The van der Waals surface area contributed by atoms with Crippen molar-refractivity contribution in [2.45, 2.75) is 6.04 Å². The van der Waals surface area contributed by atoms with Crippen LogP contribution in [0.25, 0.3) is 0 Å². The summed E-state index contributed by atoms with van der Waals surface area (Å²) in [6, 6.07) is 4.20. The summed E-state index contributed by atoms with van der Waals surface area (Å²) in [7, 11) is 0. The molecule has 0 saturated carbocycles. The molecule has 2 rings (SSSR count). The number of aromatic nitrogens is 2. The minimum Gasteiger partial charge on any atom is -0.317 e. The van der Waals surface area contributed by atoms with Gasteiger partial charge in [0, 0.05) is 18.0 Å². The van der Waals surface area contributed by atoms with E-state index in [0.29, 0.717) is 0 Å². The Morgan fingerprint density at radius 1 is 1.00 bits per heavy atom. The number of halogens is 2. The smallest absolute Gasteiger partial charge is 0.149 e. The Morgan fingerprint density at radius 2 is 1.56 bits per heavy atom. The molecule has 2 aromatic rings. The Balaban J connectivity index is 2.46. The number of hydrogen-bond acceptors (Lipinski definition) is 3. The van der Waals surface area contributed by atoms with Gasteiger partial charge >= 0.3 is 0 Å². The molecular formula is C11H9F2N3. The third-order valence-corrected chi connectivity index (χ3v) is 2.17. The van der Waals surface area contributed by atoms with E-state index in [9.17, 15) is 8.78 Å². The summed E-state index contributed by atoms with van der Waals surface area (Å²) in [4.78, 5) is 7.74. The predicted molar refractivity (Wildman–Crippen MR) is 54.4 cm³/mol. The molecule has 0 aliphatic heterocycles. The van der Waals surface area contributed by atoms with Crippen molar-refractivity contribution >= 4 is 0 Å². The summed E-state index contributed by atoms with van der Waals surface area (Å²) in [6.45, 7) is 0. The van der Waals surface area contributed by atoms with E-state index in [1.807, 2.05) is 0 Å². The van der Waals surface area contributed by atoms with E-state index in [1.165, 1.54) is 18.5 Å². The molecule has 0 radical (unpaired) electrons. The highest BCUT2D eigenvalue weighted by Crippen LogP contribution is 2.22. The minimum atomic E-state index is -0.998. The normalized spacial score (nSPS) is 12.4. The molecular weight excluding hydrogens is 212 g/mol. The van der Waals surface area contributed by atoms with E-state index >= 15 is 0 Å². The van der Waals surface area contributed by atoms with Crippen LogP contribution in [0.3, 0.4) is 0 Å². The van der Waals surface area contributed by atoms with E-state index in [4.69, 9.17) is 5.73 Å². The number of rotatable bonds is 2. The maximum absolute atomic E-state index is 13.4. The first-order chi connectivity index (χ1) is 7.70. The lowest BCUT2D eigenvalue weighted by molar-refractivity contribution is 0.537. The second-order valence-electron chi connectivity index (χ2n) is 3.22. The molecule has 1 aromatic carbocycles. The number of benzene rings is 1. The van der Waals surface area contributed by atoms with E-state index in [-0.39, 0.29) is 11.4 Å². The summed E-state index contributed by atoms with van der Waals surface area (Å²) in [5.41, 5.74) is 5.50. The quantitative estimate of drug-likeness (QED) is 0.841. The van der Waals surface area contributed by atoms with Crippen LogP contribution in [0.4, 0.5) is 8.78 Å². The molecule has 0 bridgehead atoms. The second-order valence-corrected chi connectivity index (χ2v) is 3.22. The van der Waals surface area contributed by atoms with Gasteiger partial charge in [-0.3, -0.25) is 0 Å². The fraction of sp³-hybridized carbons (Fsp3) is 0.0909. The standard InChI is InChI=1S/C11H9F2N3/c12-7-3-1-4-8(13)9(7)10(14)11-15-5-2-6-16-11/h1-6,10H,14H2. The average Bonchev–Trinajstić information content (AvgIpc) is 2.30. The third kappa shape index (κ3) is 1.90. The molecule has 1 aromatic heterocycles. The molecule has 0 fully saturated rings. The van der Waals surface area contributed by atoms with Crippen molar-refractivity contribution in [2.75, 3.05) is 0 Å². The lowest BCUT2D eigenvalue weighted by Crippen LogP contribution is -2.18.